The first kappa shape index (κ1) is 24.8. The summed E-state index contributed by atoms with van der Waals surface area (Å²) < 4.78 is 50.0. The van der Waals surface area contributed by atoms with Crippen LogP contribution in [0.25, 0.3) is 0 Å². The third-order valence-corrected chi connectivity index (χ3v) is 7.64. The van der Waals surface area contributed by atoms with E-state index in [0.717, 1.165) is 31.7 Å². The minimum atomic E-state index is -3.49. The number of benzene rings is 1. The van der Waals surface area contributed by atoms with Crippen LogP contribution in [0.3, 0.4) is 0 Å². The van der Waals surface area contributed by atoms with Gasteiger partial charge >= 0.3 is 0 Å². The van der Waals surface area contributed by atoms with E-state index in [1.807, 2.05) is 6.92 Å². The number of hydrogen-bond acceptors (Lipinski definition) is 8. The van der Waals surface area contributed by atoms with E-state index >= 15 is 0 Å². The van der Waals surface area contributed by atoms with Crippen LogP contribution in [0.15, 0.2) is 29.4 Å². The summed E-state index contributed by atoms with van der Waals surface area (Å²) >= 11 is 0. The van der Waals surface area contributed by atoms with E-state index in [9.17, 15) is 12.8 Å². The summed E-state index contributed by atoms with van der Waals surface area (Å²) in [6.45, 7) is 8.82. The van der Waals surface area contributed by atoms with E-state index in [1.54, 1.807) is 0 Å². The fourth-order valence-electron chi connectivity index (χ4n) is 4.60. The summed E-state index contributed by atoms with van der Waals surface area (Å²) in [6, 6.07) is 4.42. The first-order chi connectivity index (χ1) is 16.1. The van der Waals surface area contributed by atoms with Gasteiger partial charge in [-0.2, -0.15) is 0 Å². The average molecular weight is 493 g/mol. The van der Waals surface area contributed by atoms with Crippen LogP contribution in [0.4, 0.5) is 15.9 Å². The molecule has 0 unspecified atom stereocenters. The molecular formula is C24H33FN4O4S. The third-order valence-electron chi connectivity index (χ3n) is 6.53. The summed E-state index contributed by atoms with van der Waals surface area (Å²) in [5.74, 6) is 0.863. The van der Waals surface area contributed by atoms with Gasteiger partial charge in [0.2, 0.25) is 5.88 Å². The largest absolute Gasteiger partial charge is 0.474 e. The molecule has 2 fully saturated rings. The molecule has 3 atom stereocenters. The van der Waals surface area contributed by atoms with E-state index in [4.69, 9.17) is 9.47 Å². The zero-order valence-corrected chi connectivity index (χ0v) is 20.9. The topological polar surface area (TPSA) is 93.7 Å². The van der Waals surface area contributed by atoms with Gasteiger partial charge in [0.05, 0.1) is 29.4 Å². The van der Waals surface area contributed by atoms with Crippen LogP contribution < -0.4 is 10.1 Å². The van der Waals surface area contributed by atoms with Crippen molar-refractivity contribution in [1.82, 2.24) is 14.9 Å². The Bertz CT molecular complexity index is 1110. The Kier molecular flexibility index (Phi) is 7.39. The Morgan fingerprint density at radius 3 is 2.56 bits per heavy atom. The first-order valence-corrected chi connectivity index (χ1v) is 13.6. The Labute approximate surface area is 200 Å². The molecule has 2 saturated heterocycles. The highest BCUT2D eigenvalue weighted by molar-refractivity contribution is 7.90. The summed E-state index contributed by atoms with van der Waals surface area (Å²) in [5.41, 5.74) is 0.794. The predicted molar refractivity (Wildman–Crippen MR) is 128 cm³/mol. The number of nitrogens with one attached hydrogen (secondary N) is 1. The van der Waals surface area contributed by atoms with Gasteiger partial charge in [-0.25, -0.2) is 22.8 Å². The van der Waals surface area contributed by atoms with Crippen molar-refractivity contribution in [3.8, 4) is 5.88 Å². The smallest absolute Gasteiger partial charge is 0.221 e. The molecule has 1 aromatic heterocycles. The maximum Gasteiger partial charge on any atom is 0.221 e. The summed E-state index contributed by atoms with van der Waals surface area (Å²) in [5, 5.41) is 2.94. The molecule has 10 heteroatoms. The lowest BCUT2D eigenvalue weighted by atomic mass is 9.91. The van der Waals surface area contributed by atoms with Crippen LogP contribution in [0, 0.1) is 18.7 Å². The number of sulfone groups is 1. The van der Waals surface area contributed by atoms with Crippen molar-refractivity contribution in [1.29, 1.82) is 0 Å². The molecule has 0 spiro atoms. The van der Waals surface area contributed by atoms with Gasteiger partial charge in [0.15, 0.2) is 9.84 Å². The van der Waals surface area contributed by atoms with Crippen molar-refractivity contribution in [2.75, 3.05) is 31.3 Å². The Morgan fingerprint density at radius 2 is 1.94 bits per heavy atom. The van der Waals surface area contributed by atoms with Gasteiger partial charge in [-0.05, 0) is 44.0 Å². The minimum Gasteiger partial charge on any atom is -0.474 e. The van der Waals surface area contributed by atoms with Gasteiger partial charge in [-0.3, -0.25) is 4.90 Å². The number of anilines is 2. The van der Waals surface area contributed by atoms with Gasteiger partial charge in [-0.1, -0.05) is 13.8 Å². The van der Waals surface area contributed by atoms with Gasteiger partial charge < -0.3 is 14.8 Å². The normalized spacial score (nSPS) is 23.2. The monoisotopic (exact) mass is 492 g/mol. The fraction of sp³-hybridized carbons (Fsp3) is 0.583. The standard InChI is InChI=1S/C24H33FN4O4S/c1-15(2)7-8-29-17-9-19(10-18(29)13-32-12-17)33-24-16(3)23(26-14-27-24)28-22-6-5-20(11-21(22)25)34(4,30)31/h5-6,11,14-15,17-19H,7-10,12-13H2,1-4H3,(H,26,27,28)/t17-,18+,19-. The average Bonchev–Trinajstić information content (AvgIpc) is 2.75. The summed E-state index contributed by atoms with van der Waals surface area (Å²) in [4.78, 5) is 11.1. The third kappa shape index (κ3) is 5.67. The second-order valence-electron chi connectivity index (χ2n) is 9.67. The van der Waals surface area contributed by atoms with Gasteiger partial charge in [0.1, 0.15) is 24.1 Å². The van der Waals surface area contributed by atoms with E-state index < -0.39 is 15.7 Å². The van der Waals surface area contributed by atoms with Crippen molar-refractivity contribution in [2.45, 2.75) is 63.1 Å². The van der Waals surface area contributed by atoms with Crippen LogP contribution in [0.2, 0.25) is 0 Å². The van der Waals surface area contributed by atoms with Gasteiger partial charge in [0, 0.05) is 31.2 Å². The second-order valence-corrected chi connectivity index (χ2v) is 11.7. The lowest BCUT2D eigenvalue weighted by molar-refractivity contribution is -0.101. The molecule has 0 radical (unpaired) electrons. The molecular weight excluding hydrogens is 459 g/mol. The number of piperidine rings is 1. The highest BCUT2D eigenvalue weighted by atomic mass is 32.2. The predicted octanol–water partition coefficient (Wildman–Crippen LogP) is 3.73. The van der Waals surface area contributed by atoms with E-state index in [0.29, 0.717) is 48.5 Å². The molecule has 2 aromatic rings. The molecule has 3 heterocycles. The molecule has 8 nitrogen and oxygen atoms in total. The number of aromatic nitrogens is 2. The Morgan fingerprint density at radius 1 is 1.24 bits per heavy atom. The highest BCUT2D eigenvalue weighted by Gasteiger charge is 2.40. The van der Waals surface area contributed by atoms with Crippen LogP contribution in [-0.4, -0.2) is 67.5 Å². The molecule has 186 valence electrons. The highest BCUT2D eigenvalue weighted by Crippen LogP contribution is 2.33. The first-order valence-electron chi connectivity index (χ1n) is 11.7. The van der Waals surface area contributed by atoms with E-state index in [-0.39, 0.29) is 16.7 Å². The Hall–Kier alpha value is -2.30. The maximum absolute atomic E-state index is 14.5. The molecule has 34 heavy (non-hydrogen) atoms. The molecule has 1 N–H and O–H groups in total. The van der Waals surface area contributed by atoms with Crippen molar-refractivity contribution in [3.63, 3.8) is 0 Å². The Balaban J connectivity index is 1.46. The van der Waals surface area contributed by atoms with Crippen LogP contribution in [0.5, 0.6) is 5.88 Å². The number of halogens is 1. The SMILES string of the molecule is Cc1c(Nc2ccc(S(C)(=O)=O)cc2F)ncnc1O[C@H]1C[C@H]2COC[C@@H](C1)N2CCC(C)C. The van der Waals surface area contributed by atoms with Crippen LogP contribution >= 0.6 is 0 Å². The van der Waals surface area contributed by atoms with E-state index in [2.05, 4.69) is 34.0 Å². The molecule has 2 aliphatic rings. The van der Waals surface area contributed by atoms with Gasteiger partial charge in [0.25, 0.3) is 0 Å². The quantitative estimate of drug-likeness (QED) is 0.596. The zero-order valence-electron chi connectivity index (χ0n) is 20.1. The number of fused-ring (bicyclic) bond motifs is 2. The molecule has 0 saturated carbocycles. The number of ether oxygens (including phenoxy) is 2. The second kappa shape index (κ2) is 10.1. The number of hydrogen-bond donors (Lipinski definition) is 1. The number of nitrogens with zero attached hydrogens (tertiary/aromatic N) is 3. The van der Waals surface area contributed by atoms with Crippen molar-refractivity contribution < 1.29 is 22.3 Å². The number of rotatable bonds is 8. The van der Waals surface area contributed by atoms with Crippen LogP contribution in [0.1, 0.15) is 38.7 Å². The molecule has 2 aliphatic heterocycles. The van der Waals surface area contributed by atoms with Gasteiger partial charge in [-0.15, -0.1) is 0 Å². The summed E-state index contributed by atoms with van der Waals surface area (Å²) in [6.07, 6.45) is 5.34. The van der Waals surface area contributed by atoms with Crippen molar-refractivity contribution >= 4 is 21.3 Å². The fourth-order valence-corrected chi connectivity index (χ4v) is 5.23. The molecule has 2 bridgehead atoms. The zero-order chi connectivity index (χ0) is 24.5. The maximum atomic E-state index is 14.5. The lowest BCUT2D eigenvalue weighted by Gasteiger charge is -2.48. The molecule has 0 aliphatic carbocycles. The summed E-state index contributed by atoms with van der Waals surface area (Å²) in [7, 11) is -3.49. The minimum absolute atomic E-state index is 0.0152. The molecule has 1 aromatic carbocycles. The van der Waals surface area contributed by atoms with E-state index in [1.165, 1.54) is 24.9 Å². The van der Waals surface area contributed by atoms with Crippen molar-refractivity contribution in [3.05, 3.63) is 35.9 Å². The molecule has 4 rings (SSSR count). The van der Waals surface area contributed by atoms with Crippen molar-refractivity contribution in [2.24, 2.45) is 5.92 Å². The number of morpholine rings is 1. The van der Waals surface area contributed by atoms with Crippen LogP contribution in [-0.2, 0) is 14.6 Å². The molecule has 0 amide bonds. The lowest BCUT2D eigenvalue weighted by Crippen LogP contribution is -2.59.